The van der Waals surface area contributed by atoms with Crippen LogP contribution in [0.15, 0.2) is 24.4 Å². The number of rotatable bonds is 2. The van der Waals surface area contributed by atoms with Crippen molar-refractivity contribution in [1.82, 2.24) is 10.2 Å². The zero-order valence-corrected chi connectivity index (χ0v) is 7.60. The summed E-state index contributed by atoms with van der Waals surface area (Å²) in [7, 11) is 0. The van der Waals surface area contributed by atoms with Gasteiger partial charge >= 0.3 is 0 Å². The molecule has 0 atom stereocenters. The zero-order chi connectivity index (χ0) is 10.8. The van der Waals surface area contributed by atoms with Crippen LogP contribution in [0.2, 0.25) is 0 Å². The monoisotopic (exact) mass is 212 g/mol. The van der Waals surface area contributed by atoms with E-state index in [0.717, 1.165) is 12.1 Å². The van der Waals surface area contributed by atoms with Gasteiger partial charge in [-0.2, -0.15) is 5.10 Å². The molecule has 1 aromatic carbocycles. The number of halogens is 3. The summed E-state index contributed by atoms with van der Waals surface area (Å²) in [5.74, 6) is -2.96. The van der Waals surface area contributed by atoms with E-state index in [-0.39, 0.29) is 12.0 Å². The summed E-state index contributed by atoms with van der Waals surface area (Å²) in [6.07, 6.45) is 1.42. The number of aromatic nitrogens is 2. The van der Waals surface area contributed by atoms with Gasteiger partial charge in [-0.05, 0) is 18.2 Å². The topological polar surface area (TPSA) is 28.7 Å². The van der Waals surface area contributed by atoms with Gasteiger partial charge in [0.15, 0.2) is 11.6 Å². The van der Waals surface area contributed by atoms with Crippen LogP contribution >= 0.6 is 0 Å². The Bertz CT molecular complexity index is 466. The molecule has 2 rings (SSSR count). The average molecular weight is 212 g/mol. The predicted molar refractivity (Wildman–Crippen MR) is 47.7 cm³/mol. The minimum absolute atomic E-state index is 0.0462. The van der Waals surface area contributed by atoms with Crippen molar-refractivity contribution in [3.05, 3.63) is 53.1 Å². The van der Waals surface area contributed by atoms with E-state index >= 15 is 0 Å². The molecule has 0 saturated carbocycles. The molecule has 0 amide bonds. The Morgan fingerprint density at radius 1 is 1.07 bits per heavy atom. The molecule has 0 aliphatic rings. The predicted octanol–water partition coefficient (Wildman–Crippen LogP) is 2.42. The first-order valence-electron chi connectivity index (χ1n) is 4.29. The summed E-state index contributed by atoms with van der Waals surface area (Å²) < 4.78 is 39.2. The maximum absolute atomic E-state index is 13.2. The smallest absolute Gasteiger partial charge is 0.165 e. The quantitative estimate of drug-likeness (QED) is 0.761. The highest BCUT2D eigenvalue weighted by molar-refractivity contribution is 5.25. The third-order valence-electron chi connectivity index (χ3n) is 2.06. The summed E-state index contributed by atoms with van der Waals surface area (Å²) in [4.78, 5) is 0. The molecule has 0 aliphatic heterocycles. The number of benzene rings is 1. The van der Waals surface area contributed by atoms with Crippen LogP contribution in [0.3, 0.4) is 0 Å². The largest absolute Gasteiger partial charge is 0.282 e. The van der Waals surface area contributed by atoms with Crippen LogP contribution in [0.25, 0.3) is 0 Å². The van der Waals surface area contributed by atoms with Gasteiger partial charge in [-0.25, -0.2) is 13.2 Å². The third kappa shape index (κ3) is 1.86. The summed E-state index contributed by atoms with van der Waals surface area (Å²) in [6.45, 7) is 0. The molecule has 0 spiro atoms. The van der Waals surface area contributed by atoms with Crippen LogP contribution in [0.5, 0.6) is 0 Å². The maximum Gasteiger partial charge on any atom is 0.165 e. The third-order valence-corrected chi connectivity index (χ3v) is 2.06. The first-order valence-corrected chi connectivity index (χ1v) is 4.29. The minimum Gasteiger partial charge on any atom is -0.282 e. The lowest BCUT2D eigenvalue weighted by molar-refractivity contribution is 0.482. The van der Waals surface area contributed by atoms with E-state index in [9.17, 15) is 13.2 Å². The first kappa shape index (κ1) is 9.76. The molecule has 0 unspecified atom stereocenters. The first-order chi connectivity index (χ1) is 7.18. The van der Waals surface area contributed by atoms with Crippen LogP contribution in [0.1, 0.15) is 11.3 Å². The molecule has 0 saturated heterocycles. The lowest BCUT2D eigenvalue weighted by Gasteiger charge is -2.03. The number of aromatic amines is 1. The van der Waals surface area contributed by atoms with E-state index in [1.165, 1.54) is 6.20 Å². The molecule has 78 valence electrons. The number of hydrogen-bond donors (Lipinski definition) is 1. The Kier molecular flexibility index (Phi) is 2.45. The SMILES string of the molecule is Fc1ccc(F)c(Cc2ccn[nH]2)c1F. The standard InChI is InChI=1S/C10H7F3N2/c11-8-1-2-9(12)10(13)7(8)5-6-3-4-14-15-6/h1-4H,5H2,(H,14,15). The van der Waals surface area contributed by atoms with Crippen molar-refractivity contribution in [2.75, 3.05) is 0 Å². The number of hydrogen-bond acceptors (Lipinski definition) is 1. The van der Waals surface area contributed by atoms with Crippen LogP contribution in [0, 0.1) is 17.5 Å². The van der Waals surface area contributed by atoms with Gasteiger partial charge in [-0.15, -0.1) is 0 Å². The number of nitrogens with zero attached hydrogens (tertiary/aromatic N) is 1. The van der Waals surface area contributed by atoms with Gasteiger partial charge in [-0.1, -0.05) is 0 Å². The summed E-state index contributed by atoms with van der Waals surface area (Å²) in [6, 6.07) is 3.25. The Balaban J connectivity index is 2.39. The van der Waals surface area contributed by atoms with Crippen LogP contribution in [-0.2, 0) is 6.42 Å². The lowest BCUT2D eigenvalue weighted by atomic mass is 10.1. The Labute approximate surface area is 83.7 Å². The van der Waals surface area contributed by atoms with Gasteiger partial charge < -0.3 is 0 Å². The van der Waals surface area contributed by atoms with Crippen molar-refractivity contribution >= 4 is 0 Å². The highest BCUT2D eigenvalue weighted by Crippen LogP contribution is 2.18. The van der Waals surface area contributed by atoms with Crippen molar-refractivity contribution in [1.29, 1.82) is 0 Å². The number of nitrogens with one attached hydrogen (secondary N) is 1. The Morgan fingerprint density at radius 2 is 1.80 bits per heavy atom. The van der Waals surface area contributed by atoms with Crippen molar-refractivity contribution < 1.29 is 13.2 Å². The molecule has 1 heterocycles. The van der Waals surface area contributed by atoms with E-state index in [2.05, 4.69) is 10.2 Å². The second-order valence-electron chi connectivity index (χ2n) is 3.08. The fraction of sp³-hybridized carbons (Fsp3) is 0.100. The molecule has 5 heteroatoms. The highest BCUT2D eigenvalue weighted by atomic mass is 19.2. The van der Waals surface area contributed by atoms with Gasteiger partial charge in [0.25, 0.3) is 0 Å². The molecule has 1 aromatic heterocycles. The highest BCUT2D eigenvalue weighted by Gasteiger charge is 2.14. The maximum atomic E-state index is 13.2. The van der Waals surface area contributed by atoms with Gasteiger partial charge in [0, 0.05) is 23.9 Å². The summed E-state index contributed by atoms with van der Waals surface area (Å²) in [5.41, 5.74) is 0.234. The molecule has 0 aliphatic carbocycles. The zero-order valence-electron chi connectivity index (χ0n) is 7.60. The fourth-order valence-corrected chi connectivity index (χ4v) is 1.30. The van der Waals surface area contributed by atoms with Crippen molar-refractivity contribution in [2.24, 2.45) is 0 Å². The second-order valence-corrected chi connectivity index (χ2v) is 3.08. The van der Waals surface area contributed by atoms with Crippen molar-refractivity contribution in [3.63, 3.8) is 0 Å². The Morgan fingerprint density at radius 3 is 2.47 bits per heavy atom. The van der Waals surface area contributed by atoms with Gasteiger partial charge in [0.05, 0.1) is 0 Å². The molecule has 15 heavy (non-hydrogen) atoms. The fourth-order valence-electron chi connectivity index (χ4n) is 1.30. The molecule has 0 bridgehead atoms. The average Bonchev–Trinajstić information content (AvgIpc) is 2.71. The Hall–Kier alpha value is -1.78. The van der Waals surface area contributed by atoms with E-state index in [4.69, 9.17) is 0 Å². The molecule has 0 fully saturated rings. The summed E-state index contributed by atoms with van der Waals surface area (Å²) >= 11 is 0. The molecular formula is C10H7F3N2. The molecule has 2 aromatic rings. The van der Waals surface area contributed by atoms with E-state index in [1.807, 2.05) is 0 Å². The number of H-pyrrole nitrogens is 1. The molecular weight excluding hydrogens is 205 g/mol. The lowest BCUT2D eigenvalue weighted by Crippen LogP contribution is -2.00. The van der Waals surface area contributed by atoms with Crippen molar-refractivity contribution in [3.8, 4) is 0 Å². The molecule has 2 nitrogen and oxygen atoms in total. The molecule has 0 radical (unpaired) electrons. The van der Waals surface area contributed by atoms with Crippen LogP contribution in [0.4, 0.5) is 13.2 Å². The molecule has 1 N–H and O–H groups in total. The van der Waals surface area contributed by atoms with Crippen LogP contribution < -0.4 is 0 Å². The van der Waals surface area contributed by atoms with Crippen LogP contribution in [-0.4, -0.2) is 10.2 Å². The van der Waals surface area contributed by atoms with Gasteiger partial charge in [0.1, 0.15) is 5.82 Å². The second kappa shape index (κ2) is 3.76. The van der Waals surface area contributed by atoms with Gasteiger partial charge in [-0.3, -0.25) is 5.10 Å². The summed E-state index contributed by atoms with van der Waals surface area (Å²) in [5, 5.41) is 6.19. The van der Waals surface area contributed by atoms with E-state index in [1.54, 1.807) is 6.07 Å². The van der Waals surface area contributed by atoms with E-state index in [0.29, 0.717) is 5.69 Å². The van der Waals surface area contributed by atoms with Gasteiger partial charge in [0.2, 0.25) is 0 Å². The van der Waals surface area contributed by atoms with E-state index < -0.39 is 17.5 Å². The minimum atomic E-state index is -1.15. The van der Waals surface area contributed by atoms with Crippen molar-refractivity contribution in [2.45, 2.75) is 6.42 Å². The normalized spacial score (nSPS) is 10.6.